The van der Waals surface area contributed by atoms with E-state index in [0.717, 1.165) is 16.8 Å². The molecule has 0 spiro atoms. The van der Waals surface area contributed by atoms with E-state index in [0.29, 0.717) is 12.3 Å². The Balaban J connectivity index is 2.08. The number of hydrogen-bond acceptors (Lipinski definition) is 3. The van der Waals surface area contributed by atoms with Gasteiger partial charge >= 0.3 is 0 Å². The summed E-state index contributed by atoms with van der Waals surface area (Å²) in [5, 5.41) is 12.9. The molecule has 0 aliphatic carbocycles. The van der Waals surface area contributed by atoms with E-state index in [4.69, 9.17) is 0 Å². The van der Waals surface area contributed by atoms with E-state index in [2.05, 4.69) is 17.2 Å². The Labute approximate surface area is 101 Å². The molecule has 2 aromatic rings. The van der Waals surface area contributed by atoms with Crippen LogP contribution in [0.25, 0.3) is 0 Å². The minimum atomic E-state index is 0.318. The van der Waals surface area contributed by atoms with E-state index in [1.165, 1.54) is 5.56 Å². The van der Waals surface area contributed by atoms with Gasteiger partial charge in [-0.25, -0.2) is 0 Å². The summed E-state index contributed by atoms with van der Waals surface area (Å²) in [6.07, 6.45) is 3.65. The van der Waals surface area contributed by atoms with Gasteiger partial charge in [-0.15, -0.1) is 0 Å². The van der Waals surface area contributed by atoms with Gasteiger partial charge in [-0.05, 0) is 42.7 Å². The lowest BCUT2D eigenvalue weighted by molar-refractivity contribution is 0.471. The van der Waals surface area contributed by atoms with E-state index < -0.39 is 0 Å². The number of phenols is 1. The van der Waals surface area contributed by atoms with Gasteiger partial charge in [0, 0.05) is 30.7 Å². The Morgan fingerprint density at radius 1 is 1.18 bits per heavy atom. The first kappa shape index (κ1) is 11.5. The Hall–Kier alpha value is -2.03. The van der Waals surface area contributed by atoms with Crippen molar-refractivity contribution >= 4 is 5.69 Å². The molecule has 0 saturated heterocycles. The lowest BCUT2D eigenvalue weighted by Crippen LogP contribution is -2.01. The van der Waals surface area contributed by atoms with Crippen LogP contribution in [-0.4, -0.2) is 10.1 Å². The van der Waals surface area contributed by atoms with Gasteiger partial charge in [0.2, 0.25) is 0 Å². The van der Waals surface area contributed by atoms with Gasteiger partial charge in [0.05, 0.1) is 0 Å². The zero-order valence-corrected chi connectivity index (χ0v) is 10.1. The summed E-state index contributed by atoms with van der Waals surface area (Å²) in [6, 6.07) is 7.58. The van der Waals surface area contributed by atoms with Crippen molar-refractivity contribution in [3.8, 4) is 5.75 Å². The Bertz CT molecular complexity index is 523. The lowest BCUT2D eigenvalue weighted by Gasteiger charge is -2.09. The summed E-state index contributed by atoms with van der Waals surface area (Å²) in [5.74, 6) is 0.318. The van der Waals surface area contributed by atoms with Crippen LogP contribution < -0.4 is 5.32 Å². The van der Waals surface area contributed by atoms with Gasteiger partial charge in [0.25, 0.3) is 0 Å². The molecule has 0 saturated carbocycles. The maximum Gasteiger partial charge on any atom is 0.120 e. The summed E-state index contributed by atoms with van der Waals surface area (Å²) in [5.41, 5.74) is 4.17. The highest BCUT2D eigenvalue weighted by Crippen LogP contribution is 2.21. The van der Waals surface area contributed by atoms with Crippen molar-refractivity contribution in [3.05, 3.63) is 53.3 Å². The monoisotopic (exact) mass is 228 g/mol. The van der Waals surface area contributed by atoms with E-state index in [-0.39, 0.29) is 0 Å². The zero-order valence-electron chi connectivity index (χ0n) is 10.1. The van der Waals surface area contributed by atoms with Crippen LogP contribution in [0.5, 0.6) is 5.75 Å². The highest BCUT2D eigenvalue weighted by atomic mass is 16.3. The van der Waals surface area contributed by atoms with Gasteiger partial charge in [0.15, 0.2) is 0 Å². The molecule has 17 heavy (non-hydrogen) atoms. The third-order valence-electron chi connectivity index (χ3n) is 2.84. The minimum Gasteiger partial charge on any atom is -0.508 e. The fraction of sp³-hybridized carbons (Fsp3) is 0.214. The summed E-state index contributed by atoms with van der Waals surface area (Å²) < 4.78 is 0. The largest absolute Gasteiger partial charge is 0.508 e. The molecule has 0 bridgehead atoms. The molecule has 0 fully saturated rings. The Morgan fingerprint density at radius 3 is 2.71 bits per heavy atom. The fourth-order valence-corrected chi connectivity index (χ4v) is 1.60. The number of benzene rings is 1. The molecule has 0 radical (unpaired) electrons. The van der Waals surface area contributed by atoms with Gasteiger partial charge in [-0.3, -0.25) is 4.98 Å². The number of nitrogens with zero attached hydrogens (tertiary/aromatic N) is 1. The number of aromatic nitrogens is 1. The van der Waals surface area contributed by atoms with Crippen LogP contribution in [0.2, 0.25) is 0 Å². The minimum absolute atomic E-state index is 0.318. The van der Waals surface area contributed by atoms with Crippen LogP contribution in [0.3, 0.4) is 0 Å². The molecular weight excluding hydrogens is 212 g/mol. The molecule has 3 nitrogen and oxygen atoms in total. The van der Waals surface area contributed by atoms with Crippen LogP contribution in [0.15, 0.2) is 36.7 Å². The maximum absolute atomic E-state index is 9.60. The number of aryl methyl sites for hydroxylation is 2. The number of hydrogen-bond donors (Lipinski definition) is 2. The zero-order chi connectivity index (χ0) is 12.3. The van der Waals surface area contributed by atoms with Crippen molar-refractivity contribution < 1.29 is 5.11 Å². The van der Waals surface area contributed by atoms with Gasteiger partial charge < -0.3 is 10.4 Å². The number of anilines is 1. The predicted octanol–water partition coefficient (Wildman–Crippen LogP) is 3.02. The standard InChI is InChI=1S/C14H16N2O/c1-10-5-6-15-8-12(10)9-16-13-4-3-11(2)14(17)7-13/h3-8,16-17H,9H2,1-2H3. The van der Waals surface area contributed by atoms with Crippen LogP contribution >= 0.6 is 0 Å². The highest BCUT2D eigenvalue weighted by molar-refractivity contribution is 5.51. The normalized spacial score (nSPS) is 10.2. The van der Waals surface area contributed by atoms with E-state index in [1.807, 2.05) is 31.3 Å². The lowest BCUT2D eigenvalue weighted by atomic mass is 10.1. The van der Waals surface area contributed by atoms with Crippen molar-refractivity contribution in [2.24, 2.45) is 0 Å². The fourth-order valence-electron chi connectivity index (χ4n) is 1.60. The van der Waals surface area contributed by atoms with Crippen molar-refractivity contribution in [1.82, 2.24) is 4.98 Å². The summed E-state index contributed by atoms with van der Waals surface area (Å²) in [7, 11) is 0. The molecule has 0 unspecified atom stereocenters. The SMILES string of the molecule is Cc1ccc(NCc2cnccc2C)cc1O. The average molecular weight is 228 g/mol. The van der Waals surface area contributed by atoms with Crippen LogP contribution in [0.4, 0.5) is 5.69 Å². The molecule has 1 heterocycles. The number of pyridine rings is 1. The molecule has 2 rings (SSSR count). The molecule has 0 aliphatic rings. The predicted molar refractivity (Wildman–Crippen MR) is 69.1 cm³/mol. The molecule has 88 valence electrons. The first-order chi connectivity index (χ1) is 8.16. The second-order valence-electron chi connectivity index (χ2n) is 4.16. The van der Waals surface area contributed by atoms with Gasteiger partial charge in [-0.2, -0.15) is 0 Å². The van der Waals surface area contributed by atoms with E-state index in [1.54, 1.807) is 12.3 Å². The molecule has 0 amide bonds. The van der Waals surface area contributed by atoms with Crippen LogP contribution in [-0.2, 0) is 6.54 Å². The molecule has 0 aliphatic heterocycles. The Morgan fingerprint density at radius 2 is 2.00 bits per heavy atom. The number of nitrogens with one attached hydrogen (secondary N) is 1. The first-order valence-corrected chi connectivity index (χ1v) is 5.60. The molecule has 1 aromatic carbocycles. The third kappa shape index (κ3) is 2.75. The smallest absolute Gasteiger partial charge is 0.120 e. The molecule has 2 N–H and O–H groups in total. The molecule has 3 heteroatoms. The second kappa shape index (κ2) is 4.87. The average Bonchev–Trinajstić information content (AvgIpc) is 2.32. The first-order valence-electron chi connectivity index (χ1n) is 5.60. The number of aromatic hydroxyl groups is 1. The quantitative estimate of drug-likeness (QED) is 0.848. The van der Waals surface area contributed by atoms with Crippen LogP contribution in [0, 0.1) is 13.8 Å². The highest BCUT2D eigenvalue weighted by Gasteiger charge is 2.00. The van der Waals surface area contributed by atoms with Crippen molar-refractivity contribution in [1.29, 1.82) is 0 Å². The number of phenolic OH excluding ortho intramolecular Hbond substituents is 1. The van der Waals surface area contributed by atoms with Gasteiger partial charge in [-0.1, -0.05) is 6.07 Å². The molecular formula is C14H16N2O. The van der Waals surface area contributed by atoms with Crippen molar-refractivity contribution in [3.63, 3.8) is 0 Å². The maximum atomic E-state index is 9.60. The molecule has 1 aromatic heterocycles. The van der Waals surface area contributed by atoms with E-state index in [9.17, 15) is 5.11 Å². The summed E-state index contributed by atoms with van der Waals surface area (Å²) in [6.45, 7) is 4.65. The number of rotatable bonds is 3. The summed E-state index contributed by atoms with van der Waals surface area (Å²) >= 11 is 0. The van der Waals surface area contributed by atoms with Gasteiger partial charge in [0.1, 0.15) is 5.75 Å². The Kier molecular flexibility index (Phi) is 3.28. The summed E-state index contributed by atoms with van der Waals surface area (Å²) in [4.78, 5) is 4.10. The topological polar surface area (TPSA) is 45.2 Å². The van der Waals surface area contributed by atoms with E-state index >= 15 is 0 Å². The van der Waals surface area contributed by atoms with Crippen molar-refractivity contribution in [2.45, 2.75) is 20.4 Å². The second-order valence-corrected chi connectivity index (χ2v) is 4.16. The van der Waals surface area contributed by atoms with Crippen LogP contribution in [0.1, 0.15) is 16.7 Å². The van der Waals surface area contributed by atoms with Crippen molar-refractivity contribution in [2.75, 3.05) is 5.32 Å². The third-order valence-corrected chi connectivity index (χ3v) is 2.84. The molecule has 0 atom stereocenters.